The molecule has 0 aliphatic carbocycles. The van der Waals surface area contributed by atoms with Gasteiger partial charge in [-0.3, -0.25) is 9.69 Å². The number of carbonyl (C=O) groups is 1. The number of hydrogen-bond donors (Lipinski definition) is 1. The largest absolute Gasteiger partial charge is 0.354 e. The molecule has 0 bridgehead atoms. The van der Waals surface area contributed by atoms with Crippen molar-refractivity contribution in [3.05, 3.63) is 54.2 Å². The van der Waals surface area contributed by atoms with Gasteiger partial charge in [-0.1, -0.05) is 39.0 Å². The van der Waals surface area contributed by atoms with Gasteiger partial charge in [0.1, 0.15) is 5.82 Å². The minimum atomic E-state index is -0.383. The summed E-state index contributed by atoms with van der Waals surface area (Å²) >= 11 is 0. The molecule has 1 fully saturated rings. The molecule has 26 heavy (non-hydrogen) atoms. The molecule has 1 aliphatic rings. The highest BCUT2D eigenvalue weighted by Gasteiger charge is 2.21. The first-order chi connectivity index (χ1) is 12.4. The van der Waals surface area contributed by atoms with E-state index in [2.05, 4.69) is 38.3 Å². The van der Waals surface area contributed by atoms with E-state index < -0.39 is 0 Å². The predicted molar refractivity (Wildman–Crippen MR) is 106 cm³/mol. The molecule has 5 nitrogen and oxygen atoms in total. The van der Waals surface area contributed by atoms with E-state index in [-0.39, 0.29) is 11.3 Å². The van der Waals surface area contributed by atoms with Gasteiger partial charge in [0.05, 0.1) is 0 Å². The van der Waals surface area contributed by atoms with Gasteiger partial charge in [0, 0.05) is 50.0 Å². The molecule has 0 saturated carbocycles. The summed E-state index contributed by atoms with van der Waals surface area (Å²) in [6, 6.07) is 14.2. The van der Waals surface area contributed by atoms with E-state index >= 15 is 0 Å². The molecule has 3 rings (SSSR count). The molecule has 1 amide bonds. The molecular weight excluding hydrogens is 324 g/mol. The number of amides is 1. The van der Waals surface area contributed by atoms with Crippen LogP contribution in [-0.4, -0.2) is 42.0 Å². The molecule has 1 aromatic carbocycles. The molecule has 2 aromatic rings. The minimum absolute atomic E-state index is 0.0379. The van der Waals surface area contributed by atoms with Gasteiger partial charge in [0.2, 0.25) is 5.91 Å². The van der Waals surface area contributed by atoms with Gasteiger partial charge in [-0.25, -0.2) is 4.98 Å². The smallest absolute Gasteiger partial charge is 0.229 e. The number of nitrogens with one attached hydrogen (secondary N) is 1. The summed E-state index contributed by atoms with van der Waals surface area (Å²) in [6.07, 6.45) is 1.85. The van der Waals surface area contributed by atoms with Crippen LogP contribution in [0.25, 0.3) is 0 Å². The number of anilines is 2. The Labute approximate surface area is 156 Å². The van der Waals surface area contributed by atoms with E-state index in [1.165, 1.54) is 5.56 Å². The van der Waals surface area contributed by atoms with Gasteiger partial charge in [-0.15, -0.1) is 0 Å². The monoisotopic (exact) mass is 352 g/mol. The van der Waals surface area contributed by atoms with Crippen molar-refractivity contribution in [3.63, 3.8) is 0 Å². The van der Waals surface area contributed by atoms with Gasteiger partial charge in [-0.05, 0) is 29.8 Å². The molecule has 1 aromatic heterocycles. The lowest BCUT2D eigenvalue weighted by molar-refractivity contribution is -0.123. The fourth-order valence-corrected chi connectivity index (χ4v) is 2.95. The zero-order valence-electron chi connectivity index (χ0n) is 15.9. The van der Waals surface area contributed by atoms with Crippen molar-refractivity contribution >= 4 is 17.4 Å². The molecule has 138 valence electrons. The highest BCUT2D eigenvalue weighted by atomic mass is 16.2. The Morgan fingerprint density at radius 2 is 1.73 bits per heavy atom. The fourth-order valence-electron chi connectivity index (χ4n) is 2.95. The summed E-state index contributed by atoms with van der Waals surface area (Å²) in [5.74, 6) is 1.10. The summed E-state index contributed by atoms with van der Waals surface area (Å²) < 4.78 is 0. The molecule has 0 spiro atoms. The van der Waals surface area contributed by atoms with Crippen molar-refractivity contribution in [2.75, 3.05) is 36.4 Å². The molecule has 0 atom stereocenters. The minimum Gasteiger partial charge on any atom is -0.354 e. The van der Waals surface area contributed by atoms with Gasteiger partial charge in [0.25, 0.3) is 0 Å². The number of aromatic nitrogens is 1. The van der Waals surface area contributed by atoms with Crippen LogP contribution in [-0.2, 0) is 11.3 Å². The molecule has 1 N–H and O–H groups in total. The van der Waals surface area contributed by atoms with Crippen molar-refractivity contribution in [1.29, 1.82) is 0 Å². The third-order valence-corrected chi connectivity index (χ3v) is 4.64. The van der Waals surface area contributed by atoms with Crippen LogP contribution in [0.3, 0.4) is 0 Å². The zero-order chi connectivity index (χ0) is 18.6. The summed E-state index contributed by atoms with van der Waals surface area (Å²) in [5.41, 5.74) is 1.74. The average molecular weight is 352 g/mol. The number of rotatable bonds is 4. The van der Waals surface area contributed by atoms with E-state index in [1.807, 2.05) is 51.2 Å². The van der Waals surface area contributed by atoms with E-state index in [0.717, 1.165) is 44.2 Å². The first-order valence-electron chi connectivity index (χ1n) is 9.20. The summed E-state index contributed by atoms with van der Waals surface area (Å²) in [5, 5.41) is 2.97. The lowest BCUT2D eigenvalue weighted by Gasteiger charge is -2.35. The first kappa shape index (κ1) is 18.4. The van der Waals surface area contributed by atoms with Crippen LogP contribution in [0.4, 0.5) is 11.5 Å². The number of nitrogens with zero attached hydrogens (tertiary/aromatic N) is 3. The van der Waals surface area contributed by atoms with Gasteiger partial charge < -0.3 is 10.2 Å². The molecule has 5 heteroatoms. The van der Waals surface area contributed by atoms with E-state index in [4.69, 9.17) is 0 Å². The van der Waals surface area contributed by atoms with E-state index in [0.29, 0.717) is 0 Å². The molecule has 1 aliphatic heterocycles. The lowest BCUT2D eigenvalue weighted by Crippen LogP contribution is -2.46. The summed E-state index contributed by atoms with van der Waals surface area (Å²) in [7, 11) is 0. The number of piperazine rings is 1. The Balaban J connectivity index is 1.50. The maximum Gasteiger partial charge on any atom is 0.229 e. The van der Waals surface area contributed by atoms with E-state index in [9.17, 15) is 4.79 Å². The van der Waals surface area contributed by atoms with Crippen LogP contribution in [0.15, 0.2) is 48.7 Å². The van der Waals surface area contributed by atoms with Crippen molar-refractivity contribution < 1.29 is 4.79 Å². The molecule has 0 unspecified atom stereocenters. The Bertz CT molecular complexity index is 714. The standard InChI is InChI=1S/C21H28N4O/c1-21(2,3)20(26)23-18-9-7-17(8-10-18)16-24-12-14-25(15-13-24)19-6-4-5-11-22-19/h4-11H,12-16H2,1-3H3,(H,23,26). The Morgan fingerprint density at radius 3 is 2.31 bits per heavy atom. The van der Waals surface area contributed by atoms with Gasteiger partial charge in [-0.2, -0.15) is 0 Å². The Morgan fingerprint density at radius 1 is 1.04 bits per heavy atom. The second-order valence-electron chi connectivity index (χ2n) is 7.85. The average Bonchev–Trinajstić information content (AvgIpc) is 2.64. The molecular formula is C21H28N4O. The van der Waals surface area contributed by atoms with Crippen LogP contribution in [0.5, 0.6) is 0 Å². The number of hydrogen-bond acceptors (Lipinski definition) is 4. The Hall–Kier alpha value is -2.40. The maximum absolute atomic E-state index is 12.1. The summed E-state index contributed by atoms with van der Waals surface area (Å²) in [4.78, 5) is 21.3. The third-order valence-electron chi connectivity index (χ3n) is 4.64. The normalized spacial score (nSPS) is 15.7. The zero-order valence-corrected chi connectivity index (χ0v) is 15.9. The van der Waals surface area contributed by atoms with Crippen LogP contribution in [0.1, 0.15) is 26.3 Å². The maximum atomic E-state index is 12.1. The van der Waals surface area contributed by atoms with Crippen LogP contribution >= 0.6 is 0 Å². The lowest BCUT2D eigenvalue weighted by atomic mass is 9.95. The number of carbonyl (C=O) groups excluding carboxylic acids is 1. The van der Waals surface area contributed by atoms with Crippen molar-refractivity contribution in [2.45, 2.75) is 27.3 Å². The second kappa shape index (κ2) is 7.87. The van der Waals surface area contributed by atoms with Crippen LogP contribution < -0.4 is 10.2 Å². The first-order valence-corrected chi connectivity index (χ1v) is 9.20. The quantitative estimate of drug-likeness (QED) is 0.916. The van der Waals surface area contributed by atoms with E-state index in [1.54, 1.807) is 0 Å². The highest BCUT2D eigenvalue weighted by molar-refractivity contribution is 5.94. The fraction of sp³-hybridized carbons (Fsp3) is 0.429. The van der Waals surface area contributed by atoms with Crippen molar-refractivity contribution in [2.24, 2.45) is 5.41 Å². The number of pyridine rings is 1. The van der Waals surface area contributed by atoms with Gasteiger partial charge in [0.15, 0.2) is 0 Å². The van der Waals surface area contributed by atoms with Crippen molar-refractivity contribution in [3.8, 4) is 0 Å². The topological polar surface area (TPSA) is 48.5 Å². The molecule has 1 saturated heterocycles. The molecule has 0 radical (unpaired) electrons. The van der Waals surface area contributed by atoms with Gasteiger partial charge >= 0.3 is 0 Å². The van der Waals surface area contributed by atoms with Crippen LogP contribution in [0, 0.1) is 5.41 Å². The SMILES string of the molecule is CC(C)(C)C(=O)Nc1ccc(CN2CCN(c3ccccn3)CC2)cc1. The number of benzene rings is 1. The molecule has 2 heterocycles. The Kier molecular flexibility index (Phi) is 5.57. The van der Waals surface area contributed by atoms with Crippen LogP contribution in [0.2, 0.25) is 0 Å². The summed E-state index contributed by atoms with van der Waals surface area (Å²) in [6.45, 7) is 10.7. The predicted octanol–water partition coefficient (Wildman–Crippen LogP) is 3.39. The highest BCUT2D eigenvalue weighted by Crippen LogP contribution is 2.19. The van der Waals surface area contributed by atoms with Crippen molar-refractivity contribution in [1.82, 2.24) is 9.88 Å². The third kappa shape index (κ3) is 4.82. The second-order valence-corrected chi connectivity index (χ2v) is 7.85.